The summed E-state index contributed by atoms with van der Waals surface area (Å²) in [6.45, 7) is 1.73. The van der Waals surface area contributed by atoms with E-state index in [4.69, 9.17) is 16.3 Å². The minimum absolute atomic E-state index is 0.771. The van der Waals surface area contributed by atoms with Gasteiger partial charge in [-0.05, 0) is 25.0 Å². The van der Waals surface area contributed by atoms with Crippen molar-refractivity contribution in [3.05, 3.63) is 23.2 Å². The molecule has 0 aliphatic rings. The second-order valence-electron chi connectivity index (χ2n) is 3.73. The van der Waals surface area contributed by atoms with Gasteiger partial charge in [-0.2, -0.15) is 0 Å². The Balaban J connectivity index is 1.93. The number of unbranched alkanes of at least 4 members (excludes halogenated alkanes) is 1. The number of nitrogens with zero attached hydrogens (tertiary/aromatic N) is 1. The van der Waals surface area contributed by atoms with Crippen LogP contribution in [0.15, 0.2) is 18.2 Å². The van der Waals surface area contributed by atoms with Crippen LogP contribution < -0.4 is 5.32 Å². The number of thiazole rings is 1. The molecule has 0 unspecified atom stereocenters. The zero-order chi connectivity index (χ0) is 12.1. The molecule has 17 heavy (non-hydrogen) atoms. The molecule has 0 spiro atoms. The first kappa shape index (κ1) is 12.6. The van der Waals surface area contributed by atoms with Gasteiger partial charge in [-0.25, -0.2) is 4.98 Å². The zero-order valence-electron chi connectivity index (χ0n) is 9.70. The first-order valence-corrected chi connectivity index (χ1v) is 6.78. The van der Waals surface area contributed by atoms with Crippen LogP contribution in [0.3, 0.4) is 0 Å². The maximum atomic E-state index is 6.10. The SMILES string of the molecule is COCCCCNc1nc2cccc(Cl)c2s1. The Morgan fingerprint density at radius 2 is 2.29 bits per heavy atom. The summed E-state index contributed by atoms with van der Waals surface area (Å²) in [5.41, 5.74) is 0.960. The fourth-order valence-electron chi connectivity index (χ4n) is 1.56. The van der Waals surface area contributed by atoms with Crippen molar-refractivity contribution in [3.63, 3.8) is 0 Å². The van der Waals surface area contributed by atoms with Crippen molar-refractivity contribution in [1.82, 2.24) is 4.98 Å². The van der Waals surface area contributed by atoms with Gasteiger partial charge in [0.05, 0.1) is 15.2 Å². The monoisotopic (exact) mass is 270 g/mol. The summed E-state index contributed by atoms with van der Waals surface area (Å²) in [6.07, 6.45) is 2.15. The molecular formula is C12H15ClN2OS. The van der Waals surface area contributed by atoms with Crippen LogP contribution in [0.2, 0.25) is 5.02 Å². The van der Waals surface area contributed by atoms with Gasteiger partial charge < -0.3 is 10.1 Å². The van der Waals surface area contributed by atoms with Gasteiger partial charge in [0.15, 0.2) is 5.13 Å². The van der Waals surface area contributed by atoms with Crippen LogP contribution in [0.5, 0.6) is 0 Å². The quantitative estimate of drug-likeness (QED) is 0.811. The van der Waals surface area contributed by atoms with Gasteiger partial charge in [-0.1, -0.05) is 29.0 Å². The fourth-order valence-corrected chi connectivity index (χ4v) is 2.74. The number of hydrogen-bond donors (Lipinski definition) is 1. The van der Waals surface area contributed by atoms with Crippen molar-refractivity contribution in [2.45, 2.75) is 12.8 Å². The van der Waals surface area contributed by atoms with Gasteiger partial charge in [0.2, 0.25) is 0 Å². The molecule has 0 radical (unpaired) electrons. The molecule has 0 saturated carbocycles. The number of aromatic nitrogens is 1. The summed E-state index contributed by atoms with van der Waals surface area (Å²) >= 11 is 7.70. The lowest BCUT2D eigenvalue weighted by Crippen LogP contribution is -2.02. The molecule has 1 heterocycles. The third kappa shape index (κ3) is 3.31. The number of methoxy groups -OCH3 is 1. The summed E-state index contributed by atoms with van der Waals surface area (Å²) in [5, 5.41) is 5.02. The number of rotatable bonds is 6. The summed E-state index contributed by atoms with van der Waals surface area (Å²) in [7, 11) is 1.73. The highest BCUT2D eigenvalue weighted by Gasteiger charge is 2.05. The first-order chi connectivity index (χ1) is 8.31. The number of fused-ring (bicyclic) bond motifs is 1. The molecule has 0 aliphatic carbocycles. The lowest BCUT2D eigenvalue weighted by Gasteiger charge is -2.01. The molecule has 0 saturated heterocycles. The number of hydrogen-bond acceptors (Lipinski definition) is 4. The average molecular weight is 271 g/mol. The molecule has 92 valence electrons. The average Bonchev–Trinajstić information content (AvgIpc) is 2.73. The Bertz CT molecular complexity index is 486. The molecule has 0 bridgehead atoms. The van der Waals surface area contributed by atoms with E-state index in [1.807, 2.05) is 18.2 Å². The fraction of sp³-hybridized carbons (Fsp3) is 0.417. The third-order valence-electron chi connectivity index (χ3n) is 2.42. The van der Waals surface area contributed by atoms with Crippen LogP contribution in [0.25, 0.3) is 10.2 Å². The second kappa shape index (κ2) is 6.19. The van der Waals surface area contributed by atoms with Crippen molar-refractivity contribution in [3.8, 4) is 0 Å². The second-order valence-corrected chi connectivity index (χ2v) is 5.14. The van der Waals surface area contributed by atoms with E-state index < -0.39 is 0 Å². The Hall–Kier alpha value is -0.840. The normalized spacial score (nSPS) is 10.9. The zero-order valence-corrected chi connectivity index (χ0v) is 11.3. The van der Waals surface area contributed by atoms with Crippen molar-refractivity contribution in [2.75, 3.05) is 25.6 Å². The van der Waals surface area contributed by atoms with Crippen molar-refractivity contribution < 1.29 is 4.74 Å². The van der Waals surface area contributed by atoms with E-state index in [2.05, 4.69) is 10.3 Å². The van der Waals surface area contributed by atoms with Crippen LogP contribution in [0, 0.1) is 0 Å². The first-order valence-electron chi connectivity index (χ1n) is 5.59. The molecule has 1 aromatic heterocycles. The highest BCUT2D eigenvalue weighted by atomic mass is 35.5. The number of anilines is 1. The Kier molecular flexibility index (Phi) is 4.59. The molecule has 0 atom stereocenters. The van der Waals surface area contributed by atoms with Crippen LogP contribution in [0.4, 0.5) is 5.13 Å². The number of halogens is 1. The summed E-state index contributed by atoms with van der Waals surface area (Å²) in [5.74, 6) is 0. The lowest BCUT2D eigenvalue weighted by atomic mass is 10.3. The van der Waals surface area contributed by atoms with Gasteiger partial charge in [0.1, 0.15) is 0 Å². The Labute approximate surface area is 110 Å². The number of benzene rings is 1. The van der Waals surface area contributed by atoms with E-state index in [1.54, 1.807) is 18.4 Å². The Morgan fingerprint density at radius 3 is 3.06 bits per heavy atom. The minimum Gasteiger partial charge on any atom is -0.385 e. The number of nitrogens with one attached hydrogen (secondary N) is 1. The molecule has 1 N–H and O–H groups in total. The van der Waals surface area contributed by atoms with Crippen molar-refractivity contribution in [1.29, 1.82) is 0 Å². The lowest BCUT2D eigenvalue weighted by molar-refractivity contribution is 0.194. The smallest absolute Gasteiger partial charge is 0.183 e. The van der Waals surface area contributed by atoms with E-state index in [9.17, 15) is 0 Å². The third-order valence-corrected chi connectivity index (χ3v) is 3.91. The van der Waals surface area contributed by atoms with Gasteiger partial charge in [-0.15, -0.1) is 0 Å². The maximum Gasteiger partial charge on any atom is 0.183 e. The Morgan fingerprint density at radius 1 is 1.41 bits per heavy atom. The van der Waals surface area contributed by atoms with E-state index in [-0.39, 0.29) is 0 Å². The van der Waals surface area contributed by atoms with Gasteiger partial charge >= 0.3 is 0 Å². The van der Waals surface area contributed by atoms with Crippen LogP contribution >= 0.6 is 22.9 Å². The van der Waals surface area contributed by atoms with Crippen LogP contribution in [-0.2, 0) is 4.74 Å². The van der Waals surface area contributed by atoms with Crippen LogP contribution in [0.1, 0.15) is 12.8 Å². The molecule has 2 aromatic rings. The molecule has 5 heteroatoms. The predicted octanol–water partition coefficient (Wildman–Crippen LogP) is 3.79. The van der Waals surface area contributed by atoms with E-state index in [1.165, 1.54) is 0 Å². The van der Waals surface area contributed by atoms with Gasteiger partial charge in [0, 0.05) is 20.3 Å². The van der Waals surface area contributed by atoms with Crippen LogP contribution in [-0.4, -0.2) is 25.2 Å². The highest BCUT2D eigenvalue weighted by molar-refractivity contribution is 7.22. The molecule has 0 aliphatic heterocycles. The topological polar surface area (TPSA) is 34.1 Å². The molecule has 2 rings (SSSR count). The molecular weight excluding hydrogens is 256 g/mol. The largest absolute Gasteiger partial charge is 0.385 e. The van der Waals surface area contributed by atoms with Gasteiger partial charge in [0.25, 0.3) is 0 Å². The molecule has 3 nitrogen and oxygen atoms in total. The van der Waals surface area contributed by atoms with Crippen molar-refractivity contribution in [2.24, 2.45) is 0 Å². The number of ether oxygens (including phenoxy) is 1. The minimum atomic E-state index is 0.771. The predicted molar refractivity (Wildman–Crippen MR) is 74.2 cm³/mol. The highest BCUT2D eigenvalue weighted by Crippen LogP contribution is 2.31. The molecule has 0 fully saturated rings. The van der Waals surface area contributed by atoms with E-state index in [0.29, 0.717) is 0 Å². The van der Waals surface area contributed by atoms with E-state index >= 15 is 0 Å². The standard InChI is InChI=1S/C12H15ClN2OS/c1-16-8-3-2-7-14-12-15-10-6-4-5-9(13)11(10)17-12/h4-6H,2-3,7-8H2,1H3,(H,14,15). The summed E-state index contributed by atoms with van der Waals surface area (Å²) < 4.78 is 6.05. The maximum absolute atomic E-state index is 6.10. The van der Waals surface area contributed by atoms with Gasteiger partial charge in [-0.3, -0.25) is 0 Å². The molecule has 0 amide bonds. The van der Waals surface area contributed by atoms with E-state index in [0.717, 1.165) is 46.4 Å². The summed E-state index contributed by atoms with van der Waals surface area (Å²) in [4.78, 5) is 4.48. The molecule has 1 aromatic carbocycles. The van der Waals surface area contributed by atoms with Crippen molar-refractivity contribution >= 4 is 38.3 Å². The summed E-state index contributed by atoms with van der Waals surface area (Å²) in [6, 6.07) is 5.80.